The number of carbonyl (C=O) groups excluding carboxylic acids is 3. The third-order valence-electron chi connectivity index (χ3n) is 4.12. The second kappa shape index (κ2) is 7.12. The molecule has 7 nitrogen and oxygen atoms in total. The molecule has 10 heteroatoms. The van der Waals surface area contributed by atoms with Gasteiger partial charge in [-0.2, -0.15) is 0 Å². The highest BCUT2D eigenvalue weighted by Crippen LogP contribution is 2.42. The summed E-state index contributed by atoms with van der Waals surface area (Å²) in [5.74, 6) is -0.893. The summed E-state index contributed by atoms with van der Waals surface area (Å²) in [5.41, 5.74) is -0.189. The highest BCUT2D eigenvalue weighted by molar-refractivity contribution is 7.24. The molecule has 0 aliphatic carbocycles. The number of thiophene rings is 2. The van der Waals surface area contributed by atoms with Gasteiger partial charge >= 0.3 is 6.03 Å². The quantitative estimate of drug-likeness (QED) is 0.599. The van der Waals surface area contributed by atoms with E-state index in [-0.39, 0.29) is 6.54 Å². The lowest BCUT2D eigenvalue weighted by molar-refractivity contribution is -0.132. The molecule has 2 N–H and O–H groups in total. The van der Waals surface area contributed by atoms with Gasteiger partial charge in [-0.05, 0) is 36.7 Å². The van der Waals surface area contributed by atoms with Crippen LogP contribution in [0.5, 0.6) is 0 Å². The minimum atomic E-state index is -1.00. The van der Waals surface area contributed by atoms with Crippen LogP contribution < -0.4 is 10.6 Å². The van der Waals surface area contributed by atoms with Crippen molar-refractivity contribution in [3.63, 3.8) is 0 Å². The monoisotopic (exact) mass is 432 g/mol. The van der Waals surface area contributed by atoms with E-state index in [4.69, 9.17) is 0 Å². The molecule has 1 aliphatic heterocycles. The molecule has 0 atom stereocenters. The van der Waals surface area contributed by atoms with Gasteiger partial charge in [0.15, 0.2) is 5.13 Å². The topological polar surface area (TPSA) is 91.4 Å². The van der Waals surface area contributed by atoms with Gasteiger partial charge in [-0.25, -0.2) is 9.78 Å². The number of anilines is 1. The van der Waals surface area contributed by atoms with Gasteiger partial charge in [0.25, 0.3) is 5.91 Å². The zero-order chi connectivity index (χ0) is 19.9. The Labute approximate surface area is 173 Å². The largest absolute Gasteiger partial charge is 0.325 e. The van der Waals surface area contributed by atoms with Crippen LogP contribution in [0.1, 0.15) is 13.8 Å². The third kappa shape index (κ3) is 3.46. The molecule has 1 fully saturated rings. The first kappa shape index (κ1) is 18.8. The van der Waals surface area contributed by atoms with Gasteiger partial charge in [-0.1, -0.05) is 23.5 Å². The summed E-state index contributed by atoms with van der Waals surface area (Å²) in [6, 6.07) is 7.35. The number of hydrogen-bond acceptors (Lipinski definition) is 7. The van der Waals surface area contributed by atoms with E-state index < -0.39 is 23.4 Å². The van der Waals surface area contributed by atoms with Gasteiger partial charge in [0.05, 0.1) is 9.75 Å². The molecule has 0 aromatic carbocycles. The molecule has 1 aliphatic rings. The highest BCUT2D eigenvalue weighted by Gasteiger charge is 2.44. The van der Waals surface area contributed by atoms with E-state index in [1.54, 1.807) is 36.5 Å². The van der Waals surface area contributed by atoms with Crippen LogP contribution in [0.25, 0.3) is 20.3 Å². The van der Waals surface area contributed by atoms with Crippen molar-refractivity contribution in [2.75, 3.05) is 11.9 Å². The summed E-state index contributed by atoms with van der Waals surface area (Å²) in [5, 5.41) is 9.69. The molecule has 0 saturated carbocycles. The number of nitrogens with zero attached hydrogens (tertiary/aromatic N) is 2. The second-order valence-corrected chi connectivity index (χ2v) is 9.54. The lowest BCUT2D eigenvalue weighted by Gasteiger charge is -2.15. The fraction of sp³-hybridized carbons (Fsp3) is 0.222. The van der Waals surface area contributed by atoms with Crippen LogP contribution in [0, 0.1) is 0 Å². The van der Waals surface area contributed by atoms with Gasteiger partial charge in [0.1, 0.15) is 17.8 Å². The zero-order valence-electron chi connectivity index (χ0n) is 15.0. The van der Waals surface area contributed by atoms with E-state index >= 15 is 0 Å². The van der Waals surface area contributed by atoms with Crippen molar-refractivity contribution in [1.82, 2.24) is 15.2 Å². The van der Waals surface area contributed by atoms with Gasteiger partial charge in [0.2, 0.25) is 5.91 Å². The van der Waals surface area contributed by atoms with Crippen LogP contribution in [-0.2, 0) is 9.59 Å². The van der Waals surface area contributed by atoms with Gasteiger partial charge in [-0.3, -0.25) is 14.5 Å². The van der Waals surface area contributed by atoms with E-state index in [2.05, 4.69) is 15.6 Å². The van der Waals surface area contributed by atoms with Gasteiger partial charge in [-0.15, -0.1) is 22.7 Å². The van der Waals surface area contributed by atoms with Crippen LogP contribution >= 0.6 is 34.0 Å². The Morgan fingerprint density at radius 1 is 1.18 bits per heavy atom. The van der Waals surface area contributed by atoms with E-state index in [9.17, 15) is 14.4 Å². The highest BCUT2D eigenvalue weighted by atomic mass is 32.1. The van der Waals surface area contributed by atoms with Crippen LogP contribution in [-0.4, -0.2) is 39.8 Å². The SMILES string of the molecule is CC1(C)NC(=O)N(CC(=O)Nc2nc(-c3cccs3)c(-c3cccs3)s2)C1=O. The first-order valence-electron chi connectivity index (χ1n) is 8.38. The van der Waals surface area contributed by atoms with Crippen molar-refractivity contribution in [3.8, 4) is 20.3 Å². The predicted molar refractivity (Wildman–Crippen MR) is 112 cm³/mol. The Bertz CT molecular complexity index is 987. The number of imide groups is 1. The average molecular weight is 433 g/mol. The van der Waals surface area contributed by atoms with Gasteiger partial charge < -0.3 is 10.6 Å². The first-order valence-corrected chi connectivity index (χ1v) is 11.0. The fourth-order valence-corrected chi connectivity index (χ4v) is 5.43. The Kier molecular flexibility index (Phi) is 4.77. The summed E-state index contributed by atoms with van der Waals surface area (Å²) < 4.78 is 0. The molecular weight excluding hydrogens is 416 g/mol. The molecule has 4 heterocycles. The Balaban J connectivity index is 1.56. The van der Waals surface area contributed by atoms with Crippen LogP contribution in [0.4, 0.5) is 9.93 Å². The summed E-state index contributed by atoms with van der Waals surface area (Å²) in [4.78, 5) is 45.2. The Hall–Kier alpha value is -2.56. The standard InChI is InChI=1S/C18H16N4O3S3/c1-18(2)15(24)22(17(25)21-18)9-12(23)19-16-20-13(10-5-3-7-26-10)14(28-16)11-6-4-8-27-11/h3-8H,9H2,1-2H3,(H,21,25)(H,19,20,23). The van der Waals surface area contributed by atoms with Crippen molar-refractivity contribution in [2.45, 2.75) is 19.4 Å². The number of urea groups is 1. The first-order chi connectivity index (χ1) is 13.3. The number of nitrogens with one attached hydrogen (secondary N) is 2. The summed E-state index contributed by atoms with van der Waals surface area (Å²) in [7, 11) is 0. The maximum absolute atomic E-state index is 12.5. The second-order valence-electron chi connectivity index (χ2n) is 6.65. The number of aromatic nitrogens is 1. The normalized spacial score (nSPS) is 15.7. The van der Waals surface area contributed by atoms with E-state index in [1.165, 1.54) is 11.3 Å². The lowest BCUT2D eigenvalue weighted by Crippen LogP contribution is -2.41. The molecule has 0 bridgehead atoms. The summed E-state index contributed by atoms with van der Waals surface area (Å²) in [6.45, 7) is 2.86. The van der Waals surface area contributed by atoms with Crippen molar-refractivity contribution in [3.05, 3.63) is 35.0 Å². The molecule has 1 saturated heterocycles. The molecule has 4 rings (SSSR count). The summed E-state index contributed by atoms with van der Waals surface area (Å²) >= 11 is 4.55. The third-order valence-corrected chi connectivity index (χ3v) is 7.02. The van der Waals surface area contributed by atoms with Crippen molar-refractivity contribution >= 4 is 57.0 Å². The smallest absolute Gasteiger partial charge is 0.324 e. The number of amides is 4. The molecular formula is C18H16N4O3S3. The van der Waals surface area contributed by atoms with Gasteiger partial charge in [0, 0.05) is 4.88 Å². The van der Waals surface area contributed by atoms with E-state index in [1.807, 2.05) is 35.0 Å². The van der Waals surface area contributed by atoms with Crippen molar-refractivity contribution < 1.29 is 14.4 Å². The van der Waals surface area contributed by atoms with E-state index in [0.29, 0.717) is 5.13 Å². The maximum Gasteiger partial charge on any atom is 0.325 e. The number of carbonyl (C=O) groups is 3. The molecule has 0 radical (unpaired) electrons. The molecule has 4 amide bonds. The van der Waals surface area contributed by atoms with Crippen LogP contribution in [0.3, 0.4) is 0 Å². The average Bonchev–Trinajstić information content (AvgIpc) is 3.39. The van der Waals surface area contributed by atoms with E-state index in [0.717, 1.165) is 25.2 Å². The number of thiazole rings is 1. The van der Waals surface area contributed by atoms with Crippen molar-refractivity contribution in [2.24, 2.45) is 0 Å². The molecule has 28 heavy (non-hydrogen) atoms. The maximum atomic E-state index is 12.5. The number of rotatable bonds is 5. The fourth-order valence-electron chi connectivity index (χ4n) is 2.79. The lowest BCUT2D eigenvalue weighted by atomic mass is 10.1. The van der Waals surface area contributed by atoms with Crippen LogP contribution in [0.2, 0.25) is 0 Å². The molecule has 3 aromatic heterocycles. The molecule has 3 aromatic rings. The number of hydrogen-bond donors (Lipinski definition) is 2. The van der Waals surface area contributed by atoms with Crippen molar-refractivity contribution in [1.29, 1.82) is 0 Å². The minimum absolute atomic E-state index is 0.351. The molecule has 144 valence electrons. The molecule has 0 spiro atoms. The summed E-state index contributed by atoms with van der Waals surface area (Å²) in [6.07, 6.45) is 0. The zero-order valence-corrected chi connectivity index (χ0v) is 17.5. The molecule has 0 unspecified atom stereocenters. The predicted octanol–water partition coefficient (Wildman–Crippen LogP) is 3.87. The minimum Gasteiger partial charge on any atom is -0.324 e. The Morgan fingerprint density at radius 2 is 1.86 bits per heavy atom. The van der Waals surface area contributed by atoms with Crippen LogP contribution in [0.15, 0.2) is 35.0 Å². The Morgan fingerprint density at radius 3 is 2.43 bits per heavy atom.